The molecule has 0 saturated heterocycles. The van der Waals surface area contributed by atoms with Gasteiger partial charge in [-0.1, -0.05) is 52.9 Å². The van der Waals surface area contributed by atoms with E-state index in [1.54, 1.807) is 0 Å². The van der Waals surface area contributed by atoms with Gasteiger partial charge in [0.1, 0.15) is 0 Å². The average Bonchev–Trinajstić information content (AvgIpc) is 2.78. The van der Waals surface area contributed by atoms with E-state index in [1.807, 2.05) is 0 Å². The molecule has 1 fully saturated rings. The Labute approximate surface area is 108 Å². The van der Waals surface area contributed by atoms with Gasteiger partial charge in [-0.25, -0.2) is 0 Å². The van der Waals surface area contributed by atoms with Crippen LogP contribution in [0.25, 0.3) is 0 Å². The van der Waals surface area contributed by atoms with Gasteiger partial charge in [0, 0.05) is 0 Å². The van der Waals surface area contributed by atoms with E-state index >= 15 is 0 Å². The van der Waals surface area contributed by atoms with Crippen LogP contribution in [0.1, 0.15) is 78.6 Å². The first kappa shape index (κ1) is 14.6. The van der Waals surface area contributed by atoms with Crippen LogP contribution >= 0.6 is 0 Å². The number of unbranched alkanes of at least 4 members (excludes halogenated alkanes) is 1. The summed E-state index contributed by atoms with van der Waals surface area (Å²) < 4.78 is 0. The topological polar surface area (TPSA) is 23.8 Å². The van der Waals surface area contributed by atoms with Crippen LogP contribution in [0.2, 0.25) is 0 Å². The van der Waals surface area contributed by atoms with E-state index in [2.05, 4.69) is 26.8 Å². The monoisotopic (exact) mass is 235 g/mol. The van der Waals surface area contributed by atoms with Gasteiger partial charge in [-0.3, -0.25) is 0 Å². The molecule has 3 unspecified atom stereocenters. The standard InChI is InChI=1S/C16H29N/c1-4-7-8-14(5-2)11-16(13-17)10-9-15(6-3)12-16/h14-15H,4-12H2,1-3H3. The van der Waals surface area contributed by atoms with Gasteiger partial charge in [0.2, 0.25) is 0 Å². The highest BCUT2D eigenvalue weighted by atomic mass is 14.5. The molecule has 0 aromatic heterocycles. The van der Waals surface area contributed by atoms with E-state index in [-0.39, 0.29) is 5.41 Å². The van der Waals surface area contributed by atoms with Crippen molar-refractivity contribution in [1.82, 2.24) is 0 Å². The fraction of sp³-hybridized carbons (Fsp3) is 0.938. The average molecular weight is 235 g/mol. The van der Waals surface area contributed by atoms with Crippen molar-refractivity contribution >= 4 is 0 Å². The Bertz CT molecular complexity index is 253. The fourth-order valence-electron chi connectivity index (χ4n) is 3.41. The molecule has 1 rings (SSSR count). The predicted molar refractivity (Wildman–Crippen MR) is 73.6 cm³/mol. The number of hydrogen-bond acceptors (Lipinski definition) is 1. The summed E-state index contributed by atoms with van der Waals surface area (Å²) in [6.07, 6.45) is 11.2. The van der Waals surface area contributed by atoms with Crippen molar-refractivity contribution in [2.45, 2.75) is 78.6 Å². The van der Waals surface area contributed by atoms with Crippen molar-refractivity contribution < 1.29 is 0 Å². The van der Waals surface area contributed by atoms with Crippen LogP contribution in [-0.2, 0) is 0 Å². The van der Waals surface area contributed by atoms with E-state index in [1.165, 1.54) is 44.9 Å². The molecule has 0 amide bonds. The highest BCUT2D eigenvalue weighted by Crippen LogP contribution is 2.47. The van der Waals surface area contributed by atoms with Gasteiger partial charge in [-0.15, -0.1) is 0 Å². The van der Waals surface area contributed by atoms with Crippen molar-refractivity contribution in [2.24, 2.45) is 17.3 Å². The van der Waals surface area contributed by atoms with Gasteiger partial charge in [0.05, 0.1) is 11.5 Å². The zero-order valence-electron chi connectivity index (χ0n) is 12.0. The maximum Gasteiger partial charge on any atom is 0.0689 e. The molecule has 0 aromatic carbocycles. The molecule has 98 valence electrons. The first-order chi connectivity index (χ1) is 8.19. The van der Waals surface area contributed by atoms with Crippen molar-refractivity contribution in [1.29, 1.82) is 5.26 Å². The summed E-state index contributed by atoms with van der Waals surface area (Å²) in [4.78, 5) is 0. The molecule has 1 aliphatic carbocycles. The number of rotatable bonds is 7. The number of nitrogens with zero attached hydrogens (tertiary/aromatic N) is 1. The van der Waals surface area contributed by atoms with E-state index < -0.39 is 0 Å². The fourth-order valence-corrected chi connectivity index (χ4v) is 3.41. The van der Waals surface area contributed by atoms with Crippen molar-refractivity contribution in [2.75, 3.05) is 0 Å². The largest absolute Gasteiger partial charge is 0.198 e. The quantitative estimate of drug-likeness (QED) is 0.586. The number of nitriles is 1. The normalized spacial score (nSPS) is 30.1. The molecule has 0 N–H and O–H groups in total. The Morgan fingerprint density at radius 3 is 2.59 bits per heavy atom. The lowest BCUT2D eigenvalue weighted by molar-refractivity contribution is 0.265. The Morgan fingerprint density at radius 2 is 2.12 bits per heavy atom. The third-order valence-corrected chi connectivity index (χ3v) is 4.75. The molecular formula is C16H29N. The third kappa shape index (κ3) is 4.02. The lowest BCUT2D eigenvalue weighted by Gasteiger charge is -2.26. The number of hydrogen-bond donors (Lipinski definition) is 0. The zero-order valence-corrected chi connectivity index (χ0v) is 12.0. The van der Waals surface area contributed by atoms with E-state index in [4.69, 9.17) is 0 Å². The second-order valence-electron chi connectivity index (χ2n) is 6.03. The lowest BCUT2D eigenvalue weighted by Crippen LogP contribution is -2.19. The van der Waals surface area contributed by atoms with Gasteiger partial charge < -0.3 is 0 Å². The molecule has 1 saturated carbocycles. The molecule has 0 aliphatic heterocycles. The molecule has 1 heteroatoms. The Hall–Kier alpha value is -0.510. The molecule has 0 aromatic rings. The smallest absolute Gasteiger partial charge is 0.0689 e. The van der Waals surface area contributed by atoms with E-state index in [0.29, 0.717) is 0 Å². The van der Waals surface area contributed by atoms with Crippen LogP contribution in [-0.4, -0.2) is 0 Å². The first-order valence-electron chi connectivity index (χ1n) is 7.61. The zero-order chi connectivity index (χ0) is 12.7. The molecule has 1 nitrogen and oxygen atoms in total. The van der Waals surface area contributed by atoms with E-state index in [0.717, 1.165) is 24.7 Å². The van der Waals surface area contributed by atoms with E-state index in [9.17, 15) is 5.26 Å². The summed E-state index contributed by atoms with van der Waals surface area (Å²) in [5.41, 5.74) is 0.0368. The van der Waals surface area contributed by atoms with Crippen LogP contribution in [0.5, 0.6) is 0 Å². The summed E-state index contributed by atoms with van der Waals surface area (Å²) >= 11 is 0. The second-order valence-corrected chi connectivity index (χ2v) is 6.03. The molecule has 0 bridgehead atoms. The van der Waals surface area contributed by atoms with Crippen molar-refractivity contribution in [3.63, 3.8) is 0 Å². The predicted octanol–water partition coefficient (Wildman–Crippen LogP) is 5.31. The second kappa shape index (κ2) is 7.04. The maximum absolute atomic E-state index is 9.55. The summed E-state index contributed by atoms with van der Waals surface area (Å²) in [7, 11) is 0. The molecule has 1 aliphatic rings. The first-order valence-corrected chi connectivity index (χ1v) is 7.61. The van der Waals surface area contributed by atoms with Crippen LogP contribution < -0.4 is 0 Å². The minimum Gasteiger partial charge on any atom is -0.198 e. The molecule has 17 heavy (non-hydrogen) atoms. The van der Waals surface area contributed by atoms with Gasteiger partial charge in [0.25, 0.3) is 0 Å². The molecule has 0 heterocycles. The minimum absolute atomic E-state index is 0.0368. The molecule has 0 radical (unpaired) electrons. The molecule has 0 spiro atoms. The highest BCUT2D eigenvalue weighted by molar-refractivity contribution is 5.04. The Kier molecular flexibility index (Phi) is 6.03. The summed E-state index contributed by atoms with van der Waals surface area (Å²) in [5.74, 6) is 1.60. The van der Waals surface area contributed by atoms with Crippen LogP contribution in [0, 0.1) is 28.6 Å². The van der Waals surface area contributed by atoms with Crippen molar-refractivity contribution in [3.05, 3.63) is 0 Å². The third-order valence-electron chi connectivity index (χ3n) is 4.75. The lowest BCUT2D eigenvalue weighted by atomic mass is 9.76. The Morgan fingerprint density at radius 1 is 1.35 bits per heavy atom. The molecular weight excluding hydrogens is 206 g/mol. The van der Waals surface area contributed by atoms with Crippen LogP contribution in [0.4, 0.5) is 0 Å². The van der Waals surface area contributed by atoms with Crippen molar-refractivity contribution in [3.8, 4) is 6.07 Å². The molecule has 3 atom stereocenters. The minimum atomic E-state index is 0.0368. The summed E-state index contributed by atoms with van der Waals surface area (Å²) in [6, 6.07) is 2.68. The summed E-state index contributed by atoms with van der Waals surface area (Å²) in [5, 5.41) is 9.55. The highest BCUT2D eigenvalue weighted by Gasteiger charge is 2.39. The summed E-state index contributed by atoms with van der Waals surface area (Å²) in [6.45, 7) is 6.82. The van der Waals surface area contributed by atoms with Gasteiger partial charge in [-0.05, 0) is 37.5 Å². The van der Waals surface area contributed by atoms with Crippen LogP contribution in [0.3, 0.4) is 0 Å². The van der Waals surface area contributed by atoms with Gasteiger partial charge >= 0.3 is 0 Å². The van der Waals surface area contributed by atoms with Gasteiger partial charge in [-0.2, -0.15) is 5.26 Å². The maximum atomic E-state index is 9.55. The SMILES string of the molecule is CCCCC(CC)CC1(C#N)CCC(CC)C1. The Balaban J connectivity index is 2.53. The van der Waals surface area contributed by atoms with Crippen LogP contribution in [0.15, 0.2) is 0 Å². The van der Waals surface area contributed by atoms with Gasteiger partial charge in [0.15, 0.2) is 0 Å².